The number of rotatable bonds is 4. The van der Waals surface area contributed by atoms with E-state index in [2.05, 4.69) is 38.1 Å². The van der Waals surface area contributed by atoms with Gasteiger partial charge in [0.15, 0.2) is 0 Å². The lowest BCUT2D eigenvalue weighted by Crippen LogP contribution is -2.19. The van der Waals surface area contributed by atoms with Crippen LogP contribution in [0.2, 0.25) is 5.02 Å². The number of pyridine rings is 1. The molecule has 0 saturated heterocycles. The lowest BCUT2D eigenvalue weighted by atomic mass is 9.85. The zero-order chi connectivity index (χ0) is 23.8. The summed E-state index contributed by atoms with van der Waals surface area (Å²) in [7, 11) is -0.928. The third-order valence-corrected chi connectivity index (χ3v) is 8.91. The van der Waals surface area contributed by atoms with E-state index in [0.717, 1.165) is 51.5 Å². The Labute approximate surface area is 202 Å². The largest absolute Gasteiger partial charge is 0.487 e. The summed E-state index contributed by atoms with van der Waals surface area (Å²) in [4.78, 5) is 5.62. The topological polar surface area (TPSA) is 51.5 Å². The smallest absolute Gasteiger partial charge is 0.140 e. The number of ether oxygens (including phenoxy) is 1. The second-order valence-corrected chi connectivity index (χ2v) is 12.5. The van der Waals surface area contributed by atoms with E-state index in [1.165, 1.54) is 0 Å². The van der Waals surface area contributed by atoms with Gasteiger partial charge in [-0.15, -0.1) is 0 Å². The molecule has 1 aliphatic heterocycles. The minimum Gasteiger partial charge on any atom is -0.487 e. The molecule has 0 spiro atoms. The molecule has 1 atom stereocenters. The van der Waals surface area contributed by atoms with Crippen molar-refractivity contribution in [1.82, 2.24) is 4.98 Å². The minimum atomic E-state index is -2.55. The van der Waals surface area contributed by atoms with Crippen LogP contribution < -0.4 is 4.74 Å². The van der Waals surface area contributed by atoms with Crippen LogP contribution in [0.1, 0.15) is 49.6 Å². The average molecular weight is 483 g/mol. The van der Waals surface area contributed by atoms with Gasteiger partial charge in [-0.25, -0.2) is 8.57 Å². The SMILES string of the molecule is CN=S1(=O)CCCc2nc(-c3cc(Cl)c(C(C)(C)C)cc3C)cc(OCc3ccccc3)c21. The molecular formula is C27H31ClN2O2S. The van der Waals surface area contributed by atoms with Crippen LogP contribution in [0.4, 0.5) is 0 Å². The fourth-order valence-corrected chi connectivity index (χ4v) is 6.80. The molecule has 1 aromatic heterocycles. The Morgan fingerprint density at radius 3 is 2.55 bits per heavy atom. The first kappa shape index (κ1) is 23.8. The Morgan fingerprint density at radius 2 is 1.88 bits per heavy atom. The van der Waals surface area contributed by atoms with E-state index >= 15 is 0 Å². The maximum Gasteiger partial charge on any atom is 0.140 e. The van der Waals surface area contributed by atoms with Crippen LogP contribution in [0.25, 0.3) is 11.3 Å². The number of fused-ring (bicyclic) bond motifs is 1. The highest BCUT2D eigenvalue weighted by atomic mass is 35.5. The quantitative estimate of drug-likeness (QED) is 0.402. The maximum atomic E-state index is 13.6. The van der Waals surface area contributed by atoms with Crippen LogP contribution in [-0.4, -0.2) is 22.0 Å². The third-order valence-electron chi connectivity index (χ3n) is 6.09. The van der Waals surface area contributed by atoms with Crippen molar-refractivity contribution in [1.29, 1.82) is 0 Å². The zero-order valence-corrected chi connectivity index (χ0v) is 21.5. The molecule has 0 bridgehead atoms. The minimum absolute atomic E-state index is 0.0538. The molecule has 0 amide bonds. The van der Waals surface area contributed by atoms with Gasteiger partial charge in [0.2, 0.25) is 0 Å². The van der Waals surface area contributed by atoms with Gasteiger partial charge in [-0.2, -0.15) is 0 Å². The summed E-state index contributed by atoms with van der Waals surface area (Å²) in [6.07, 6.45) is 1.55. The molecule has 0 saturated carbocycles. The first-order chi connectivity index (χ1) is 15.6. The molecule has 0 fully saturated rings. The molecule has 0 N–H and O–H groups in total. The first-order valence-electron chi connectivity index (χ1n) is 11.3. The van der Waals surface area contributed by atoms with Gasteiger partial charge in [0.1, 0.15) is 17.3 Å². The van der Waals surface area contributed by atoms with Crippen LogP contribution in [0, 0.1) is 6.92 Å². The number of nitrogens with zero attached hydrogens (tertiary/aromatic N) is 2. The van der Waals surface area contributed by atoms with Crippen LogP contribution in [-0.2, 0) is 28.2 Å². The van der Waals surface area contributed by atoms with E-state index in [-0.39, 0.29) is 5.41 Å². The van der Waals surface area contributed by atoms with E-state index < -0.39 is 9.73 Å². The monoisotopic (exact) mass is 482 g/mol. The summed E-state index contributed by atoms with van der Waals surface area (Å²) in [6.45, 7) is 8.94. The second kappa shape index (κ2) is 9.11. The molecule has 6 heteroatoms. The molecule has 0 radical (unpaired) electrons. The van der Waals surface area contributed by atoms with Crippen LogP contribution in [0.5, 0.6) is 5.75 Å². The predicted molar refractivity (Wildman–Crippen MR) is 137 cm³/mol. The molecule has 1 unspecified atom stereocenters. The van der Waals surface area contributed by atoms with Gasteiger partial charge in [0.05, 0.1) is 21.1 Å². The fourth-order valence-electron chi connectivity index (χ4n) is 4.30. The van der Waals surface area contributed by atoms with E-state index in [4.69, 9.17) is 21.3 Å². The summed E-state index contributed by atoms with van der Waals surface area (Å²) >= 11 is 6.71. The molecule has 0 aliphatic carbocycles. The van der Waals surface area contributed by atoms with Gasteiger partial charge in [-0.3, -0.25) is 4.98 Å². The van der Waals surface area contributed by atoms with Crippen molar-refractivity contribution >= 4 is 21.3 Å². The number of halogens is 1. The Morgan fingerprint density at radius 1 is 1.15 bits per heavy atom. The van der Waals surface area contributed by atoms with Gasteiger partial charge in [-0.05, 0) is 47.9 Å². The highest BCUT2D eigenvalue weighted by Gasteiger charge is 2.29. The van der Waals surface area contributed by atoms with E-state index in [1.807, 2.05) is 42.5 Å². The molecule has 2 aromatic carbocycles. The summed E-state index contributed by atoms with van der Waals surface area (Å²) in [5, 5.41) is 0.724. The number of hydrogen-bond acceptors (Lipinski definition) is 4. The van der Waals surface area contributed by atoms with Crippen LogP contribution in [0.15, 0.2) is 57.8 Å². The number of benzene rings is 2. The van der Waals surface area contributed by atoms with E-state index in [9.17, 15) is 4.21 Å². The van der Waals surface area contributed by atoms with E-state index in [1.54, 1.807) is 7.05 Å². The fraction of sp³-hybridized carbons (Fsp3) is 0.370. The second-order valence-electron chi connectivity index (χ2n) is 9.58. The Kier molecular flexibility index (Phi) is 6.56. The van der Waals surface area contributed by atoms with Crippen LogP contribution in [0.3, 0.4) is 0 Å². The summed E-state index contributed by atoms with van der Waals surface area (Å²) in [5.41, 5.74) is 5.77. The highest BCUT2D eigenvalue weighted by Crippen LogP contribution is 2.40. The Bertz CT molecular complexity index is 1300. The van der Waals surface area contributed by atoms with Crippen molar-refractivity contribution in [2.45, 2.75) is 57.5 Å². The van der Waals surface area contributed by atoms with Crippen molar-refractivity contribution in [3.05, 3.63) is 75.9 Å². The zero-order valence-electron chi connectivity index (χ0n) is 19.9. The van der Waals surface area contributed by atoms with Gasteiger partial charge in [0, 0.05) is 29.5 Å². The molecule has 3 aromatic rings. The molecule has 4 nitrogen and oxygen atoms in total. The molecular weight excluding hydrogens is 452 g/mol. The summed E-state index contributed by atoms with van der Waals surface area (Å²) in [6, 6.07) is 16.0. The maximum absolute atomic E-state index is 13.6. The predicted octanol–water partition coefficient (Wildman–Crippen LogP) is 6.99. The Balaban J connectivity index is 1.86. The van der Waals surface area contributed by atoms with Crippen molar-refractivity contribution < 1.29 is 8.95 Å². The number of aryl methyl sites for hydroxylation is 2. The Hall–Kier alpha value is -2.37. The normalized spacial score (nSPS) is 18.0. The number of hydrogen-bond donors (Lipinski definition) is 0. The van der Waals surface area contributed by atoms with Gasteiger partial charge < -0.3 is 4.74 Å². The molecule has 4 rings (SSSR count). The van der Waals surface area contributed by atoms with Crippen molar-refractivity contribution in [2.24, 2.45) is 4.36 Å². The average Bonchev–Trinajstić information content (AvgIpc) is 2.78. The van der Waals surface area contributed by atoms with Crippen LogP contribution >= 0.6 is 11.6 Å². The lowest BCUT2D eigenvalue weighted by molar-refractivity contribution is 0.297. The third kappa shape index (κ3) is 4.80. The van der Waals surface area contributed by atoms with Gasteiger partial charge in [0.25, 0.3) is 0 Å². The highest BCUT2D eigenvalue weighted by molar-refractivity contribution is 7.93. The lowest BCUT2D eigenvalue weighted by Gasteiger charge is -2.25. The number of aromatic nitrogens is 1. The standard InChI is InChI=1S/C27H31ClN2O2S/c1-18-14-21(27(2,3)4)22(28)15-20(18)24-16-25(32-17-19-10-7-6-8-11-19)26-23(30-24)12-9-13-33(26,31)29-5/h6-8,10-11,14-16H,9,12-13,17H2,1-5H3. The molecule has 174 valence electrons. The molecule has 33 heavy (non-hydrogen) atoms. The molecule has 1 aliphatic rings. The van der Waals surface area contributed by atoms with Gasteiger partial charge >= 0.3 is 0 Å². The van der Waals surface area contributed by atoms with Crippen molar-refractivity contribution in [3.8, 4) is 17.0 Å². The van der Waals surface area contributed by atoms with E-state index in [0.29, 0.717) is 23.0 Å². The molecule has 2 heterocycles. The summed E-state index contributed by atoms with van der Waals surface area (Å²) in [5.74, 6) is 1.13. The van der Waals surface area contributed by atoms with Crippen molar-refractivity contribution in [3.63, 3.8) is 0 Å². The van der Waals surface area contributed by atoms with Crippen molar-refractivity contribution in [2.75, 3.05) is 12.8 Å². The first-order valence-corrected chi connectivity index (χ1v) is 13.3. The van der Waals surface area contributed by atoms with Gasteiger partial charge in [-0.1, -0.05) is 68.8 Å². The summed E-state index contributed by atoms with van der Waals surface area (Å²) < 4.78 is 24.2.